The Bertz CT molecular complexity index is 721. The van der Waals surface area contributed by atoms with E-state index in [1.165, 1.54) is 0 Å². The van der Waals surface area contributed by atoms with E-state index in [9.17, 15) is 0 Å². The number of alkyl halides is 1. The second-order valence-electron chi connectivity index (χ2n) is 4.68. The molecule has 6 heteroatoms. The molecular formula is C14H13Cl2N3S. The van der Waals surface area contributed by atoms with Gasteiger partial charge in [-0.05, 0) is 18.2 Å². The van der Waals surface area contributed by atoms with Gasteiger partial charge in [0.25, 0.3) is 0 Å². The molecule has 0 radical (unpaired) electrons. The highest BCUT2D eigenvalue weighted by atomic mass is 35.5. The van der Waals surface area contributed by atoms with E-state index in [1.807, 2.05) is 29.8 Å². The van der Waals surface area contributed by atoms with E-state index in [1.54, 1.807) is 11.3 Å². The third-order valence-corrected chi connectivity index (χ3v) is 4.72. The first-order valence-electron chi connectivity index (χ1n) is 6.29. The van der Waals surface area contributed by atoms with Crippen molar-refractivity contribution in [1.29, 1.82) is 0 Å². The lowest BCUT2D eigenvalue weighted by atomic mass is 10.2. The van der Waals surface area contributed by atoms with Gasteiger partial charge in [-0.15, -0.1) is 22.9 Å². The van der Waals surface area contributed by atoms with Crippen LogP contribution in [-0.2, 0) is 12.4 Å². The molecule has 0 saturated carbocycles. The fourth-order valence-electron chi connectivity index (χ4n) is 2.28. The molecule has 0 aliphatic rings. The van der Waals surface area contributed by atoms with Crippen LogP contribution in [-0.4, -0.2) is 14.5 Å². The molecule has 0 bridgehead atoms. The summed E-state index contributed by atoms with van der Waals surface area (Å²) in [6.45, 7) is 2.96. The second-order valence-corrected chi connectivity index (χ2v) is 6.31. The summed E-state index contributed by atoms with van der Waals surface area (Å²) in [6.07, 6.45) is 1.84. The van der Waals surface area contributed by atoms with Crippen LogP contribution in [0.1, 0.15) is 23.7 Å². The maximum Gasteiger partial charge on any atom is 0.124 e. The first-order chi connectivity index (χ1) is 9.69. The normalized spacial score (nSPS) is 12.9. The Morgan fingerprint density at radius 2 is 2.25 bits per heavy atom. The standard InChI is InChI=1S/C14H13Cl2N3S/c1-9(14-17-4-5-20-14)8-19-12-6-10(16)2-3-11(12)18-13(19)7-15/h2-6,9H,7-8H2,1H3. The monoisotopic (exact) mass is 325 g/mol. The summed E-state index contributed by atoms with van der Waals surface area (Å²) < 4.78 is 2.14. The predicted octanol–water partition coefficient (Wildman–Crippen LogP) is 4.69. The zero-order valence-electron chi connectivity index (χ0n) is 10.9. The summed E-state index contributed by atoms with van der Waals surface area (Å²) in [7, 11) is 0. The molecule has 3 rings (SSSR count). The molecule has 3 aromatic rings. The van der Waals surface area contributed by atoms with Crippen molar-refractivity contribution in [2.75, 3.05) is 0 Å². The molecule has 0 N–H and O–H groups in total. The highest BCUT2D eigenvalue weighted by Gasteiger charge is 2.15. The molecule has 2 heterocycles. The lowest BCUT2D eigenvalue weighted by Gasteiger charge is -2.12. The van der Waals surface area contributed by atoms with Gasteiger partial charge in [-0.3, -0.25) is 0 Å². The van der Waals surface area contributed by atoms with E-state index in [-0.39, 0.29) is 0 Å². The molecule has 0 spiro atoms. The second kappa shape index (κ2) is 5.72. The van der Waals surface area contributed by atoms with Gasteiger partial charge in [0.15, 0.2) is 0 Å². The smallest absolute Gasteiger partial charge is 0.124 e. The maximum atomic E-state index is 6.09. The summed E-state index contributed by atoms with van der Waals surface area (Å²) in [5.41, 5.74) is 1.95. The van der Waals surface area contributed by atoms with Gasteiger partial charge in [0, 0.05) is 29.1 Å². The minimum atomic E-state index is 0.313. The number of nitrogens with zero attached hydrogens (tertiary/aromatic N) is 3. The number of halogens is 2. The van der Waals surface area contributed by atoms with Crippen LogP contribution in [0.25, 0.3) is 11.0 Å². The Morgan fingerprint density at radius 1 is 1.40 bits per heavy atom. The van der Waals surface area contributed by atoms with Crippen LogP contribution in [0.2, 0.25) is 5.02 Å². The third kappa shape index (κ3) is 2.55. The van der Waals surface area contributed by atoms with Crippen LogP contribution in [0.4, 0.5) is 0 Å². The van der Waals surface area contributed by atoms with Crippen LogP contribution in [0.15, 0.2) is 29.8 Å². The van der Waals surface area contributed by atoms with Crippen molar-refractivity contribution in [3.05, 3.63) is 45.6 Å². The molecule has 0 fully saturated rings. The minimum Gasteiger partial charge on any atom is -0.326 e. The lowest BCUT2D eigenvalue weighted by Crippen LogP contribution is -2.08. The van der Waals surface area contributed by atoms with E-state index in [0.29, 0.717) is 16.8 Å². The Labute approximate surface area is 131 Å². The van der Waals surface area contributed by atoms with Crippen molar-refractivity contribution in [3.63, 3.8) is 0 Å². The molecular weight excluding hydrogens is 313 g/mol. The highest BCUT2D eigenvalue weighted by Crippen LogP contribution is 2.26. The van der Waals surface area contributed by atoms with Gasteiger partial charge >= 0.3 is 0 Å². The summed E-state index contributed by atoms with van der Waals surface area (Å²) in [5.74, 6) is 1.57. The molecule has 1 unspecified atom stereocenters. The van der Waals surface area contributed by atoms with E-state index >= 15 is 0 Å². The van der Waals surface area contributed by atoms with Crippen molar-refractivity contribution >= 4 is 45.6 Å². The van der Waals surface area contributed by atoms with Crippen molar-refractivity contribution in [1.82, 2.24) is 14.5 Å². The van der Waals surface area contributed by atoms with Crippen LogP contribution < -0.4 is 0 Å². The Hall–Kier alpha value is -1.10. The lowest BCUT2D eigenvalue weighted by molar-refractivity contribution is 0.592. The quantitative estimate of drug-likeness (QED) is 0.651. The van der Waals surface area contributed by atoms with Crippen LogP contribution in [0, 0.1) is 0 Å². The molecule has 2 aromatic heterocycles. The largest absolute Gasteiger partial charge is 0.326 e. The zero-order chi connectivity index (χ0) is 14.1. The van der Waals surface area contributed by atoms with Gasteiger partial charge in [0.1, 0.15) is 5.82 Å². The number of benzene rings is 1. The fraction of sp³-hybridized carbons (Fsp3) is 0.286. The summed E-state index contributed by atoms with van der Waals surface area (Å²) in [4.78, 5) is 8.94. The number of aromatic nitrogens is 3. The molecule has 0 saturated heterocycles. The molecule has 0 aliphatic carbocycles. The van der Waals surface area contributed by atoms with E-state index in [4.69, 9.17) is 23.2 Å². The third-order valence-electron chi connectivity index (χ3n) is 3.24. The van der Waals surface area contributed by atoms with Crippen molar-refractivity contribution < 1.29 is 0 Å². The minimum absolute atomic E-state index is 0.313. The SMILES string of the molecule is CC(Cn1c(CCl)nc2ccc(Cl)cc21)c1nccs1. The van der Waals surface area contributed by atoms with Gasteiger partial charge in [0.05, 0.1) is 21.9 Å². The topological polar surface area (TPSA) is 30.7 Å². The Morgan fingerprint density at radius 3 is 2.95 bits per heavy atom. The first kappa shape index (κ1) is 13.9. The van der Waals surface area contributed by atoms with Crippen molar-refractivity contribution in [3.8, 4) is 0 Å². The molecule has 3 nitrogen and oxygen atoms in total. The summed E-state index contributed by atoms with van der Waals surface area (Å²) >= 11 is 13.8. The van der Waals surface area contributed by atoms with E-state index in [0.717, 1.165) is 28.4 Å². The van der Waals surface area contributed by atoms with Gasteiger partial charge < -0.3 is 4.57 Å². The number of imidazole rings is 1. The molecule has 1 atom stereocenters. The zero-order valence-corrected chi connectivity index (χ0v) is 13.2. The number of hydrogen-bond acceptors (Lipinski definition) is 3. The molecule has 0 aliphatic heterocycles. The average molecular weight is 326 g/mol. The van der Waals surface area contributed by atoms with Gasteiger partial charge in [-0.1, -0.05) is 18.5 Å². The predicted molar refractivity (Wildman–Crippen MR) is 84.8 cm³/mol. The van der Waals surface area contributed by atoms with Gasteiger partial charge in [-0.2, -0.15) is 0 Å². The Kier molecular flexibility index (Phi) is 3.96. The molecule has 104 valence electrons. The number of rotatable bonds is 4. The highest BCUT2D eigenvalue weighted by molar-refractivity contribution is 7.09. The van der Waals surface area contributed by atoms with E-state index < -0.39 is 0 Å². The first-order valence-corrected chi connectivity index (χ1v) is 8.08. The Balaban J connectivity index is 2.03. The molecule has 20 heavy (non-hydrogen) atoms. The maximum absolute atomic E-state index is 6.09. The van der Waals surface area contributed by atoms with Gasteiger partial charge in [0.2, 0.25) is 0 Å². The summed E-state index contributed by atoms with van der Waals surface area (Å²) in [5, 5.41) is 3.83. The number of fused-ring (bicyclic) bond motifs is 1. The van der Waals surface area contributed by atoms with E-state index in [2.05, 4.69) is 21.5 Å². The number of hydrogen-bond donors (Lipinski definition) is 0. The van der Waals surface area contributed by atoms with Crippen LogP contribution in [0.5, 0.6) is 0 Å². The van der Waals surface area contributed by atoms with Crippen molar-refractivity contribution in [2.45, 2.75) is 25.3 Å². The summed E-state index contributed by atoms with van der Waals surface area (Å²) in [6, 6.07) is 5.72. The van der Waals surface area contributed by atoms with Crippen LogP contribution >= 0.6 is 34.5 Å². The number of thiazole rings is 1. The van der Waals surface area contributed by atoms with Gasteiger partial charge in [-0.25, -0.2) is 9.97 Å². The van der Waals surface area contributed by atoms with Crippen molar-refractivity contribution in [2.24, 2.45) is 0 Å². The fourth-order valence-corrected chi connectivity index (χ4v) is 3.34. The van der Waals surface area contributed by atoms with Crippen LogP contribution in [0.3, 0.4) is 0 Å². The molecule has 1 aromatic carbocycles. The average Bonchev–Trinajstić information content (AvgIpc) is 3.07. The molecule has 0 amide bonds.